The zero-order chi connectivity index (χ0) is 18.9. The van der Waals surface area contributed by atoms with Crippen molar-refractivity contribution in [3.05, 3.63) is 59.7 Å². The molecule has 8 heteroatoms. The Labute approximate surface area is 150 Å². The van der Waals surface area contributed by atoms with E-state index in [2.05, 4.69) is 4.98 Å². The fraction of sp³-hybridized carbons (Fsp3) is 0.278. The smallest absolute Gasteiger partial charge is 0.238 e. The van der Waals surface area contributed by atoms with Crippen molar-refractivity contribution < 1.29 is 23.0 Å². The van der Waals surface area contributed by atoms with Crippen LogP contribution in [0.2, 0.25) is 0 Å². The van der Waals surface area contributed by atoms with E-state index in [1.165, 1.54) is 24.4 Å². The van der Waals surface area contributed by atoms with Gasteiger partial charge in [-0.15, -0.1) is 0 Å². The number of nitrogens with zero attached hydrogens (tertiary/aromatic N) is 1. The van der Waals surface area contributed by atoms with Gasteiger partial charge in [-0.05, 0) is 59.4 Å². The lowest BCUT2D eigenvalue weighted by Crippen LogP contribution is -2.27. The van der Waals surface area contributed by atoms with Gasteiger partial charge in [0, 0.05) is 11.6 Å². The lowest BCUT2D eigenvalue weighted by Gasteiger charge is -2.24. The van der Waals surface area contributed by atoms with Gasteiger partial charge >= 0.3 is 0 Å². The van der Waals surface area contributed by atoms with E-state index in [4.69, 9.17) is 5.14 Å². The number of aromatic nitrogens is 1. The summed E-state index contributed by atoms with van der Waals surface area (Å²) in [6.45, 7) is -0.416. The van der Waals surface area contributed by atoms with E-state index in [0.29, 0.717) is 18.4 Å². The molecule has 26 heavy (non-hydrogen) atoms. The predicted octanol–water partition coefficient (Wildman–Crippen LogP) is 1.54. The number of hydrogen-bond donors (Lipinski definition) is 3. The summed E-state index contributed by atoms with van der Waals surface area (Å²) in [7, 11) is -3.79. The minimum Gasteiger partial charge on any atom is -0.396 e. The summed E-state index contributed by atoms with van der Waals surface area (Å²) in [5.74, 6) is -0.595. The standard InChI is InChI=1S/C18H19FN2O4S/c19-17-6-3-13(9-21-17)16-8-18(10-22,11-23)7-15(16)12-1-4-14(5-2-12)26(20,24)25/h1-6,9,22-23H,7-8,10-11H2,(H2,20,24,25). The highest BCUT2D eigenvalue weighted by atomic mass is 32.2. The first-order valence-electron chi connectivity index (χ1n) is 7.97. The fourth-order valence-electron chi connectivity index (χ4n) is 3.25. The van der Waals surface area contributed by atoms with Gasteiger partial charge in [-0.25, -0.2) is 18.5 Å². The monoisotopic (exact) mass is 378 g/mol. The van der Waals surface area contributed by atoms with Gasteiger partial charge in [0.1, 0.15) is 0 Å². The van der Waals surface area contributed by atoms with Crippen molar-refractivity contribution in [2.75, 3.05) is 13.2 Å². The average Bonchev–Trinajstić information content (AvgIpc) is 3.02. The van der Waals surface area contributed by atoms with E-state index in [0.717, 1.165) is 16.7 Å². The maximum atomic E-state index is 13.2. The fourth-order valence-corrected chi connectivity index (χ4v) is 3.77. The molecule has 2 aromatic rings. The van der Waals surface area contributed by atoms with Gasteiger partial charge in [-0.2, -0.15) is 4.39 Å². The lowest BCUT2D eigenvalue weighted by atomic mass is 9.84. The first kappa shape index (κ1) is 18.7. The Balaban J connectivity index is 2.09. The second-order valence-corrected chi connectivity index (χ2v) is 8.13. The predicted molar refractivity (Wildman–Crippen MR) is 94.7 cm³/mol. The molecule has 0 atom stereocenters. The molecule has 4 N–H and O–H groups in total. The number of nitrogens with two attached hydrogens (primary N) is 1. The van der Waals surface area contributed by atoms with Crippen molar-refractivity contribution in [1.82, 2.24) is 4.98 Å². The van der Waals surface area contributed by atoms with Crippen LogP contribution in [0.4, 0.5) is 4.39 Å². The molecule has 3 rings (SSSR count). The van der Waals surface area contributed by atoms with Crippen LogP contribution in [0.1, 0.15) is 24.0 Å². The number of benzene rings is 1. The van der Waals surface area contributed by atoms with Crippen LogP contribution in [0.3, 0.4) is 0 Å². The normalized spacial score (nSPS) is 16.9. The number of allylic oxidation sites excluding steroid dienone is 2. The number of hydrogen-bond acceptors (Lipinski definition) is 5. The van der Waals surface area contributed by atoms with E-state index in [-0.39, 0.29) is 18.1 Å². The molecule has 1 aliphatic rings. The van der Waals surface area contributed by atoms with Crippen LogP contribution in [0.5, 0.6) is 0 Å². The molecule has 1 heterocycles. The summed E-state index contributed by atoms with van der Waals surface area (Å²) in [5, 5.41) is 24.7. The number of rotatable bonds is 5. The second kappa shape index (κ2) is 6.88. The minimum atomic E-state index is -3.79. The van der Waals surface area contributed by atoms with Gasteiger partial charge < -0.3 is 10.2 Å². The molecular weight excluding hydrogens is 359 g/mol. The van der Waals surface area contributed by atoms with Gasteiger partial charge in [-0.1, -0.05) is 12.1 Å². The minimum absolute atomic E-state index is 0.000394. The number of primary sulfonamides is 1. The number of aliphatic hydroxyl groups is 2. The summed E-state index contributed by atoms with van der Waals surface area (Å²) >= 11 is 0. The molecular formula is C18H19FN2O4S. The number of sulfonamides is 1. The summed E-state index contributed by atoms with van der Waals surface area (Å²) < 4.78 is 36.0. The third kappa shape index (κ3) is 3.54. The van der Waals surface area contributed by atoms with E-state index in [1.54, 1.807) is 18.2 Å². The Morgan fingerprint density at radius 3 is 2.00 bits per heavy atom. The summed E-state index contributed by atoms with van der Waals surface area (Å²) in [6.07, 6.45) is 2.22. The molecule has 0 amide bonds. The van der Waals surface area contributed by atoms with Crippen LogP contribution in [0.25, 0.3) is 11.1 Å². The third-order valence-electron chi connectivity index (χ3n) is 4.75. The quantitative estimate of drug-likeness (QED) is 0.683. The summed E-state index contributed by atoms with van der Waals surface area (Å²) in [5.41, 5.74) is 2.41. The molecule has 1 aromatic carbocycles. The molecule has 1 aromatic heterocycles. The Hall–Kier alpha value is -2.13. The van der Waals surface area contributed by atoms with Crippen molar-refractivity contribution in [3.8, 4) is 0 Å². The van der Waals surface area contributed by atoms with Crippen molar-refractivity contribution in [1.29, 1.82) is 0 Å². The van der Waals surface area contributed by atoms with Crippen LogP contribution < -0.4 is 5.14 Å². The molecule has 0 unspecified atom stereocenters. The van der Waals surface area contributed by atoms with Gasteiger partial charge in [0.25, 0.3) is 0 Å². The van der Waals surface area contributed by atoms with Gasteiger partial charge in [-0.3, -0.25) is 0 Å². The van der Waals surface area contributed by atoms with Gasteiger partial charge in [0.15, 0.2) is 0 Å². The molecule has 0 spiro atoms. The topological polar surface area (TPSA) is 114 Å². The molecule has 0 aliphatic heterocycles. The van der Waals surface area contributed by atoms with Crippen LogP contribution >= 0.6 is 0 Å². The lowest BCUT2D eigenvalue weighted by molar-refractivity contribution is 0.0677. The highest BCUT2D eigenvalue weighted by molar-refractivity contribution is 7.89. The van der Waals surface area contributed by atoms with Crippen molar-refractivity contribution in [3.63, 3.8) is 0 Å². The van der Waals surface area contributed by atoms with Gasteiger partial charge in [0.2, 0.25) is 16.0 Å². The Morgan fingerprint density at radius 1 is 1.00 bits per heavy atom. The number of aliphatic hydroxyl groups excluding tert-OH is 2. The zero-order valence-corrected chi connectivity index (χ0v) is 14.7. The summed E-state index contributed by atoms with van der Waals surface area (Å²) in [6, 6.07) is 8.95. The van der Waals surface area contributed by atoms with Gasteiger partial charge in [0.05, 0.1) is 18.1 Å². The second-order valence-electron chi connectivity index (χ2n) is 6.57. The molecule has 1 aliphatic carbocycles. The number of halogens is 1. The van der Waals surface area contributed by atoms with Crippen molar-refractivity contribution >= 4 is 21.2 Å². The third-order valence-corrected chi connectivity index (χ3v) is 5.68. The Morgan fingerprint density at radius 2 is 1.54 bits per heavy atom. The van der Waals surface area contributed by atoms with Crippen molar-refractivity contribution in [2.24, 2.45) is 10.6 Å². The van der Waals surface area contributed by atoms with Crippen molar-refractivity contribution in [2.45, 2.75) is 17.7 Å². The zero-order valence-electron chi connectivity index (χ0n) is 13.9. The van der Waals surface area contributed by atoms with E-state index < -0.39 is 21.4 Å². The van der Waals surface area contributed by atoms with Crippen LogP contribution in [-0.2, 0) is 10.0 Å². The molecule has 138 valence electrons. The van der Waals surface area contributed by atoms with E-state index in [9.17, 15) is 23.0 Å². The largest absolute Gasteiger partial charge is 0.396 e. The SMILES string of the molecule is NS(=O)(=O)c1ccc(C2=C(c3ccc(F)nc3)CC(CO)(CO)C2)cc1. The highest BCUT2D eigenvalue weighted by Crippen LogP contribution is 2.49. The summed E-state index contributed by atoms with van der Waals surface area (Å²) in [4.78, 5) is 3.68. The molecule has 0 fully saturated rings. The molecule has 0 saturated heterocycles. The first-order chi connectivity index (χ1) is 12.3. The molecule has 0 bridgehead atoms. The first-order valence-corrected chi connectivity index (χ1v) is 9.51. The van der Waals surface area contributed by atoms with Crippen LogP contribution in [0.15, 0.2) is 47.5 Å². The average molecular weight is 378 g/mol. The maximum Gasteiger partial charge on any atom is 0.238 e. The maximum absolute atomic E-state index is 13.2. The van der Waals surface area contributed by atoms with E-state index >= 15 is 0 Å². The van der Waals surface area contributed by atoms with E-state index in [1.807, 2.05) is 0 Å². The molecule has 0 radical (unpaired) electrons. The molecule has 6 nitrogen and oxygen atoms in total. The molecule has 0 saturated carbocycles. The Bertz CT molecular complexity index is 934. The number of pyridine rings is 1. The van der Waals surface area contributed by atoms with Crippen LogP contribution in [-0.4, -0.2) is 36.8 Å². The Kier molecular flexibility index (Phi) is 4.94. The highest BCUT2D eigenvalue weighted by Gasteiger charge is 2.39. The van der Waals surface area contributed by atoms with Crippen LogP contribution in [0, 0.1) is 11.4 Å².